The molecule has 1 aromatic rings. The average molecular weight is 351 g/mol. The second-order valence-corrected chi connectivity index (χ2v) is 5.98. The number of aliphatic carboxylic acids is 1. The van der Waals surface area contributed by atoms with Crippen LogP contribution in [0.25, 0.3) is 6.08 Å². The van der Waals surface area contributed by atoms with Gasteiger partial charge < -0.3 is 14.9 Å². The zero-order valence-corrected chi connectivity index (χ0v) is 13.8. The van der Waals surface area contributed by atoms with E-state index in [9.17, 15) is 19.5 Å². The predicted molar refractivity (Wildman–Crippen MR) is 88.8 cm³/mol. The fourth-order valence-corrected chi connectivity index (χ4v) is 2.99. The number of hydrogen-bond acceptors (Lipinski definition) is 6. The topological polar surface area (TPSA) is 104 Å². The molecule has 1 aliphatic rings. The van der Waals surface area contributed by atoms with Gasteiger partial charge in [-0.1, -0.05) is 6.07 Å². The zero-order chi connectivity index (χ0) is 17.7. The Hall–Kier alpha value is -2.48. The van der Waals surface area contributed by atoms with Crippen molar-refractivity contribution in [1.29, 1.82) is 0 Å². The fourth-order valence-electron chi connectivity index (χ4n) is 2.12. The van der Waals surface area contributed by atoms with Crippen molar-refractivity contribution in [2.24, 2.45) is 0 Å². The van der Waals surface area contributed by atoms with Gasteiger partial charge in [-0.05, 0) is 48.9 Å². The first-order chi connectivity index (χ1) is 11.4. The average Bonchev–Trinajstić information content (AvgIpc) is 2.78. The quantitative estimate of drug-likeness (QED) is 0.728. The monoisotopic (exact) mass is 351 g/mol. The first kappa shape index (κ1) is 17.9. The van der Waals surface area contributed by atoms with E-state index < -0.39 is 17.1 Å². The molecule has 2 rings (SSSR count). The van der Waals surface area contributed by atoms with Gasteiger partial charge in [-0.25, -0.2) is 0 Å². The molecule has 1 fully saturated rings. The van der Waals surface area contributed by atoms with Gasteiger partial charge in [0.15, 0.2) is 11.5 Å². The van der Waals surface area contributed by atoms with Crippen LogP contribution < -0.4 is 4.74 Å². The van der Waals surface area contributed by atoms with Gasteiger partial charge in [0.2, 0.25) is 0 Å². The van der Waals surface area contributed by atoms with Crippen LogP contribution in [0.4, 0.5) is 4.79 Å². The number of carboxylic acid groups (broad SMARTS) is 1. The highest BCUT2D eigenvalue weighted by Crippen LogP contribution is 2.34. The molecule has 0 spiro atoms. The van der Waals surface area contributed by atoms with E-state index in [1.807, 2.05) is 0 Å². The molecule has 0 bridgehead atoms. The molecule has 0 aromatic heterocycles. The van der Waals surface area contributed by atoms with Crippen LogP contribution in [-0.4, -0.2) is 45.4 Å². The normalized spacial score (nSPS) is 16.0. The minimum absolute atomic E-state index is 0.00391. The summed E-state index contributed by atoms with van der Waals surface area (Å²) in [5, 5.41) is 17.9. The standard InChI is InChI=1S/C16H17NO6S/c1-2-23-12-8-10(5-6-11(12)18)9-13-15(21)17(16(22)24-13)7-3-4-14(19)20/h5-6,8-9,18H,2-4,7H2,1H3,(H,19,20)/b13-9-. The van der Waals surface area contributed by atoms with Gasteiger partial charge in [-0.2, -0.15) is 0 Å². The summed E-state index contributed by atoms with van der Waals surface area (Å²) < 4.78 is 5.28. The number of phenolic OH excluding ortho intramolecular Hbond substituents is 1. The van der Waals surface area contributed by atoms with Crippen molar-refractivity contribution in [3.05, 3.63) is 28.7 Å². The number of amides is 2. The summed E-state index contributed by atoms with van der Waals surface area (Å²) in [4.78, 5) is 36.0. The maximum absolute atomic E-state index is 12.3. The van der Waals surface area contributed by atoms with Crippen LogP contribution in [0.5, 0.6) is 11.5 Å². The smallest absolute Gasteiger partial charge is 0.303 e. The van der Waals surface area contributed by atoms with Crippen LogP contribution in [0, 0.1) is 0 Å². The molecular formula is C16H17NO6S. The molecule has 1 aromatic carbocycles. The number of nitrogens with zero attached hydrogens (tertiary/aromatic N) is 1. The lowest BCUT2D eigenvalue weighted by Gasteiger charge is -2.10. The Morgan fingerprint density at radius 3 is 2.79 bits per heavy atom. The van der Waals surface area contributed by atoms with Gasteiger partial charge in [-0.3, -0.25) is 19.3 Å². The molecule has 2 amide bonds. The summed E-state index contributed by atoms with van der Waals surface area (Å²) in [6, 6.07) is 4.64. The number of imide groups is 1. The maximum Gasteiger partial charge on any atom is 0.303 e. The van der Waals surface area contributed by atoms with Crippen molar-refractivity contribution >= 4 is 35.0 Å². The van der Waals surface area contributed by atoms with E-state index in [2.05, 4.69) is 0 Å². The number of carbonyl (C=O) groups is 3. The highest BCUT2D eigenvalue weighted by Gasteiger charge is 2.34. The molecule has 0 aliphatic carbocycles. The molecular weight excluding hydrogens is 334 g/mol. The SMILES string of the molecule is CCOc1cc(/C=C2\SC(=O)N(CCCC(=O)O)C2=O)ccc1O. The van der Waals surface area contributed by atoms with Gasteiger partial charge in [0.1, 0.15) is 0 Å². The molecule has 0 atom stereocenters. The Labute approximate surface area is 142 Å². The number of aromatic hydroxyl groups is 1. The van der Waals surface area contributed by atoms with Gasteiger partial charge >= 0.3 is 5.97 Å². The van der Waals surface area contributed by atoms with Crippen molar-refractivity contribution in [2.75, 3.05) is 13.2 Å². The Kier molecular flexibility index (Phi) is 5.86. The highest BCUT2D eigenvalue weighted by molar-refractivity contribution is 8.18. The molecule has 128 valence electrons. The largest absolute Gasteiger partial charge is 0.504 e. The molecule has 0 unspecified atom stereocenters. The van der Waals surface area contributed by atoms with E-state index >= 15 is 0 Å². The first-order valence-electron chi connectivity index (χ1n) is 7.35. The molecule has 1 heterocycles. The molecule has 0 saturated carbocycles. The summed E-state index contributed by atoms with van der Waals surface area (Å²) in [7, 11) is 0. The van der Waals surface area contributed by atoms with E-state index in [4.69, 9.17) is 9.84 Å². The summed E-state index contributed by atoms with van der Waals surface area (Å²) in [5.41, 5.74) is 0.618. The number of benzene rings is 1. The summed E-state index contributed by atoms with van der Waals surface area (Å²) in [6.07, 6.45) is 1.66. The number of carbonyl (C=O) groups excluding carboxylic acids is 2. The molecule has 7 nitrogen and oxygen atoms in total. The number of carboxylic acids is 1. The van der Waals surface area contributed by atoms with Crippen LogP contribution in [0.1, 0.15) is 25.3 Å². The molecule has 0 radical (unpaired) electrons. The minimum atomic E-state index is -0.968. The minimum Gasteiger partial charge on any atom is -0.504 e. The van der Waals surface area contributed by atoms with Gasteiger partial charge in [0.25, 0.3) is 11.1 Å². The van der Waals surface area contributed by atoms with Crippen molar-refractivity contribution in [2.45, 2.75) is 19.8 Å². The van der Waals surface area contributed by atoms with Crippen LogP contribution >= 0.6 is 11.8 Å². The molecule has 24 heavy (non-hydrogen) atoms. The Morgan fingerprint density at radius 1 is 1.38 bits per heavy atom. The van der Waals surface area contributed by atoms with Crippen LogP contribution in [0.15, 0.2) is 23.1 Å². The van der Waals surface area contributed by atoms with Crippen LogP contribution in [0.3, 0.4) is 0 Å². The third kappa shape index (κ3) is 4.29. The van der Waals surface area contributed by atoms with E-state index in [1.54, 1.807) is 25.1 Å². The Balaban J connectivity index is 2.13. The summed E-state index contributed by atoms with van der Waals surface area (Å²) in [5.74, 6) is -1.12. The number of ether oxygens (including phenoxy) is 1. The Morgan fingerprint density at radius 2 is 2.12 bits per heavy atom. The summed E-state index contributed by atoms with van der Waals surface area (Å²) in [6.45, 7) is 2.25. The Bertz CT molecular complexity index is 700. The number of thioether (sulfide) groups is 1. The molecule has 8 heteroatoms. The number of hydrogen-bond donors (Lipinski definition) is 2. The fraction of sp³-hybridized carbons (Fsp3) is 0.312. The van der Waals surface area contributed by atoms with Gasteiger partial charge in [-0.15, -0.1) is 0 Å². The molecule has 1 saturated heterocycles. The van der Waals surface area contributed by atoms with E-state index in [1.165, 1.54) is 6.07 Å². The van der Waals surface area contributed by atoms with Crippen molar-refractivity contribution in [3.63, 3.8) is 0 Å². The van der Waals surface area contributed by atoms with E-state index in [0.717, 1.165) is 16.7 Å². The number of phenols is 1. The van der Waals surface area contributed by atoms with Crippen molar-refractivity contribution in [1.82, 2.24) is 4.90 Å². The molecule has 1 aliphatic heterocycles. The summed E-state index contributed by atoms with van der Waals surface area (Å²) >= 11 is 0.807. The van der Waals surface area contributed by atoms with Crippen LogP contribution in [-0.2, 0) is 9.59 Å². The lowest BCUT2D eigenvalue weighted by molar-refractivity contribution is -0.137. The van der Waals surface area contributed by atoms with Crippen molar-refractivity contribution in [3.8, 4) is 11.5 Å². The van der Waals surface area contributed by atoms with E-state index in [0.29, 0.717) is 17.9 Å². The highest BCUT2D eigenvalue weighted by atomic mass is 32.2. The second-order valence-electron chi connectivity index (χ2n) is 4.99. The second kappa shape index (κ2) is 7.87. The zero-order valence-electron chi connectivity index (χ0n) is 13.0. The lowest BCUT2D eigenvalue weighted by atomic mass is 10.2. The molecule has 2 N–H and O–H groups in total. The van der Waals surface area contributed by atoms with Gasteiger partial charge in [0, 0.05) is 13.0 Å². The third-order valence-electron chi connectivity index (χ3n) is 3.23. The first-order valence-corrected chi connectivity index (χ1v) is 8.17. The van der Waals surface area contributed by atoms with Crippen LogP contribution in [0.2, 0.25) is 0 Å². The third-order valence-corrected chi connectivity index (χ3v) is 4.13. The van der Waals surface area contributed by atoms with Crippen molar-refractivity contribution < 1.29 is 29.3 Å². The van der Waals surface area contributed by atoms with E-state index in [-0.39, 0.29) is 30.0 Å². The number of rotatable bonds is 7. The maximum atomic E-state index is 12.3. The lowest BCUT2D eigenvalue weighted by Crippen LogP contribution is -2.29. The predicted octanol–water partition coefficient (Wildman–Crippen LogP) is 2.69. The van der Waals surface area contributed by atoms with Gasteiger partial charge in [0.05, 0.1) is 11.5 Å².